The summed E-state index contributed by atoms with van der Waals surface area (Å²) in [5, 5.41) is 2.53. The number of allylic oxidation sites excluding steroid dienone is 4. The van der Waals surface area contributed by atoms with Gasteiger partial charge in [0.2, 0.25) is 0 Å². The Labute approximate surface area is 246 Å². The van der Waals surface area contributed by atoms with Crippen LogP contribution < -0.4 is 0 Å². The van der Waals surface area contributed by atoms with Crippen molar-refractivity contribution >= 4 is 39.4 Å². The number of para-hydroxylation sites is 1. The second-order valence-electron chi connectivity index (χ2n) is 10.6. The molecule has 0 unspecified atom stereocenters. The van der Waals surface area contributed by atoms with Crippen LogP contribution >= 0.6 is 0 Å². The standard InChI is InChI=1S/C39H31N3/c1-4-12-29(13-5-1)27-40-39(41-28-30-14-6-2-7-15-30)32-20-23-34(24-21-32)42-37-19-11-10-18-35(37)36-26-33(22-25-38(36)42)31-16-8-3-9-17-31/h1-2,4-8,10-27H,3,9,28H2/b40-27+,41-39-. The maximum Gasteiger partial charge on any atom is 0.154 e. The third kappa shape index (κ3) is 5.25. The molecular weight excluding hydrogens is 510 g/mol. The quantitative estimate of drug-likeness (QED) is 0.148. The van der Waals surface area contributed by atoms with Crippen molar-refractivity contribution in [2.45, 2.75) is 19.4 Å². The van der Waals surface area contributed by atoms with Crippen LogP contribution in [0.15, 0.2) is 156 Å². The highest BCUT2D eigenvalue weighted by Crippen LogP contribution is 2.34. The van der Waals surface area contributed by atoms with E-state index < -0.39 is 0 Å². The highest BCUT2D eigenvalue weighted by atomic mass is 15.0. The first-order valence-electron chi connectivity index (χ1n) is 14.5. The lowest BCUT2D eigenvalue weighted by atomic mass is 9.98. The molecule has 0 amide bonds. The van der Waals surface area contributed by atoms with Crippen molar-refractivity contribution in [1.29, 1.82) is 0 Å². The Morgan fingerprint density at radius 1 is 0.690 bits per heavy atom. The van der Waals surface area contributed by atoms with Gasteiger partial charge in [0.25, 0.3) is 0 Å². The van der Waals surface area contributed by atoms with Gasteiger partial charge >= 0.3 is 0 Å². The lowest BCUT2D eigenvalue weighted by Gasteiger charge is -2.11. The molecule has 42 heavy (non-hydrogen) atoms. The van der Waals surface area contributed by atoms with Crippen molar-refractivity contribution < 1.29 is 0 Å². The third-order valence-corrected chi connectivity index (χ3v) is 7.77. The van der Waals surface area contributed by atoms with E-state index in [4.69, 9.17) is 9.98 Å². The number of nitrogens with zero attached hydrogens (tertiary/aromatic N) is 3. The zero-order valence-electron chi connectivity index (χ0n) is 23.4. The highest BCUT2D eigenvalue weighted by molar-refractivity contribution is 6.10. The zero-order valence-corrected chi connectivity index (χ0v) is 23.4. The first-order chi connectivity index (χ1) is 20.8. The van der Waals surface area contributed by atoms with Gasteiger partial charge in [0.05, 0.1) is 17.6 Å². The summed E-state index contributed by atoms with van der Waals surface area (Å²) in [7, 11) is 0. The number of hydrogen-bond donors (Lipinski definition) is 0. The van der Waals surface area contributed by atoms with E-state index in [1.807, 2.05) is 42.6 Å². The molecule has 0 aliphatic heterocycles. The fourth-order valence-electron chi connectivity index (χ4n) is 5.65. The average molecular weight is 542 g/mol. The van der Waals surface area contributed by atoms with Crippen molar-refractivity contribution in [3.05, 3.63) is 168 Å². The topological polar surface area (TPSA) is 29.6 Å². The van der Waals surface area contributed by atoms with Gasteiger partial charge in [-0.3, -0.25) is 4.99 Å². The molecule has 0 spiro atoms. The van der Waals surface area contributed by atoms with Crippen LogP contribution in [-0.2, 0) is 6.54 Å². The summed E-state index contributed by atoms with van der Waals surface area (Å²) in [5.41, 5.74) is 9.29. The maximum absolute atomic E-state index is 4.93. The maximum atomic E-state index is 4.93. The van der Waals surface area contributed by atoms with Crippen molar-refractivity contribution in [2.75, 3.05) is 0 Å². The van der Waals surface area contributed by atoms with Crippen molar-refractivity contribution in [3.63, 3.8) is 0 Å². The van der Waals surface area contributed by atoms with E-state index in [-0.39, 0.29) is 0 Å². The van der Waals surface area contributed by atoms with Crippen LogP contribution in [0.25, 0.3) is 33.1 Å². The molecule has 0 saturated carbocycles. The summed E-state index contributed by atoms with van der Waals surface area (Å²) in [6.07, 6.45) is 11.0. The Balaban J connectivity index is 1.28. The molecule has 1 aliphatic carbocycles. The Morgan fingerprint density at radius 2 is 1.43 bits per heavy atom. The predicted octanol–water partition coefficient (Wildman–Crippen LogP) is 9.58. The minimum absolute atomic E-state index is 0.574. The lowest BCUT2D eigenvalue weighted by molar-refractivity contribution is 1.04. The van der Waals surface area contributed by atoms with E-state index in [0.29, 0.717) is 6.54 Å². The largest absolute Gasteiger partial charge is 0.309 e. The Kier molecular flexibility index (Phi) is 7.14. The summed E-state index contributed by atoms with van der Waals surface area (Å²) in [6, 6.07) is 44.6. The van der Waals surface area contributed by atoms with Crippen LogP contribution in [-0.4, -0.2) is 16.6 Å². The lowest BCUT2D eigenvalue weighted by Crippen LogP contribution is -2.01. The van der Waals surface area contributed by atoms with Crippen LogP contribution in [0.1, 0.15) is 35.1 Å². The van der Waals surface area contributed by atoms with Gasteiger partial charge in [-0.1, -0.05) is 103 Å². The van der Waals surface area contributed by atoms with Crippen molar-refractivity contribution in [3.8, 4) is 5.69 Å². The number of aliphatic imine (C=N–C) groups is 2. The van der Waals surface area contributed by atoms with Crippen LogP contribution in [0.4, 0.5) is 0 Å². The van der Waals surface area contributed by atoms with E-state index >= 15 is 0 Å². The smallest absolute Gasteiger partial charge is 0.154 e. The van der Waals surface area contributed by atoms with E-state index in [9.17, 15) is 0 Å². The molecule has 0 N–H and O–H groups in total. The first-order valence-corrected chi connectivity index (χ1v) is 14.5. The van der Waals surface area contributed by atoms with Gasteiger partial charge in [-0.05, 0) is 77.6 Å². The molecule has 1 heterocycles. The first kappa shape index (κ1) is 25.7. The number of hydrogen-bond acceptors (Lipinski definition) is 1. The zero-order chi connectivity index (χ0) is 28.1. The number of amidine groups is 1. The molecule has 7 rings (SSSR count). The highest BCUT2D eigenvalue weighted by Gasteiger charge is 2.14. The number of fused-ring (bicyclic) bond motifs is 3. The van der Waals surface area contributed by atoms with E-state index in [1.165, 1.54) is 32.9 Å². The summed E-state index contributed by atoms with van der Waals surface area (Å²) < 4.78 is 2.36. The fourth-order valence-corrected chi connectivity index (χ4v) is 5.65. The minimum atomic E-state index is 0.574. The predicted molar refractivity (Wildman–Crippen MR) is 178 cm³/mol. The summed E-state index contributed by atoms with van der Waals surface area (Å²) in [5.74, 6) is 0.718. The van der Waals surface area contributed by atoms with Gasteiger partial charge in [0.15, 0.2) is 5.84 Å². The van der Waals surface area contributed by atoms with Gasteiger partial charge in [-0.15, -0.1) is 0 Å². The monoisotopic (exact) mass is 541 g/mol. The Morgan fingerprint density at radius 3 is 2.21 bits per heavy atom. The molecule has 6 aromatic rings. The van der Waals surface area contributed by atoms with E-state index in [0.717, 1.165) is 41.1 Å². The molecule has 3 heteroatoms. The second kappa shape index (κ2) is 11.7. The van der Waals surface area contributed by atoms with Gasteiger partial charge in [-0.2, -0.15) is 0 Å². The van der Waals surface area contributed by atoms with Gasteiger partial charge in [-0.25, -0.2) is 4.99 Å². The summed E-state index contributed by atoms with van der Waals surface area (Å²) in [4.78, 5) is 9.76. The van der Waals surface area contributed by atoms with Gasteiger partial charge in [0, 0.05) is 28.2 Å². The average Bonchev–Trinajstić information content (AvgIpc) is 3.40. The van der Waals surface area contributed by atoms with Crippen molar-refractivity contribution in [2.24, 2.45) is 9.98 Å². The molecule has 5 aromatic carbocycles. The molecule has 0 radical (unpaired) electrons. The second-order valence-corrected chi connectivity index (χ2v) is 10.6. The molecular formula is C39H31N3. The van der Waals surface area contributed by atoms with Gasteiger partial charge < -0.3 is 4.57 Å². The van der Waals surface area contributed by atoms with E-state index in [1.54, 1.807) is 0 Å². The number of benzene rings is 5. The van der Waals surface area contributed by atoms with E-state index in [2.05, 4.69) is 114 Å². The number of rotatable bonds is 6. The third-order valence-electron chi connectivity index (χ3n) is 7.77. The fraction of sp³-hybridized carbons (Fsp3) is 0.0769. The Bertz CT molecular complexity index is 1970. The SMILES string of the molecule is C1=CC(c2ccc3c(c2)c2ccccc2n3-c2ccc(C(=N/Cc3ccccc3)/N=C/c3ccccc3)cc2)=CCC1. The van der Waals surface area contributed by atoms with Crippen LogP contribution in [0, 0.1) is 0 Å². The van der Waals surface area contributed by atoms with Crippen LogP contribution in [0.3, 0.4) is 0 Å². The molecule has 3 nitrogen and oxygen atoms in total. The minimum Gasteiger partial charge on any atom is -0.309 e. The molecule has 0 bridgehead atoms. The van der Waals surface area contributed by atoms with Crippen molar-refractivity contribution in [1.82, 2.24) is 4.57 Å². The number of aromatic nitrogens is 1. The Hall–Kier alpha value is -5.28. The summed E-state index contributed by atoms with van der Waals surface area (Å²) >= 11 is 0. The molecule has 0 atom stereocenters. The normalized spacial score (nSPS) is 13.7. The molecule has 202 valence electrons. The van der Waals surface area contributed by atoms with Gasteiger partial charge in [0.1, 0.15) is 0 Å². The molecule has 0 fully saturated rings. The summed E-state index contributed by atoms with van der Waals surface area (Å²) in [6.45, 7) is 0.574. The molecule has 1 aliphatic rings. The van der Waals surface area contributed by atoms with Crippen LogP contribution in [0.2, 0.25) is 0 Å². The molecule has 1 aromatic heterocycles. The molecule has 0 saturated heterocycles. The van der Waals surface area contributed by atoms with Crippen LogP contribution in [0.5, 0.6) is 0 Å².